The number of hydrogen-bond acceptors (Lipinski definition) is 7. The third-order valence-corrected chi connectivity index (χ3v) is 6.49. The summed E-state index contributed by atoms with van der Waals surface area (Å²) in [7, 11) is 0. The molecule has 0 bridgehead atoms. The van der Waals surface area contributed by atoms with Crippen LogP contribution in [0.1, 0.15) is 48.7 Å². The molecule has 37 heavy (non-hydrogen) atoms. The Morgan fingerprint density at radius 2 is 1.86 bits per heavy atom. The summed E-state index contributed by atoms with van der Waals surface area (Å²) in [6.45, 7) is 4.77. The van der Waals surface area contributed by atoms with E-state index in [1.54, 1.807) is 23.0 Å². The van der Waals surface area contributed by atoms with Crippen LogP contribution in [-0.2, 0) is 16.0 Å². The van der Waals surface area contributed by atoms with Gasteiger partial charge in [0.05, 0.1) is 22.4 Å². The number of carbonyl (C=O) groups excluding carboxylic acids is 2. The Labute approximate surface area is 215 Å². The van der Waals surface area contributed by atoms with Gasteiger partial charge in [0.15, 0.2) is 6.61 Å². The van der Waals surface area contributed by atoms with E-state index in [2.05, 4.69) is 27.4 Å². The van der Waals surface area contributed by atoms with E-state index in [1.807, 2.05) is 32.0 Å². The predicted octanol–water partition coefficient (Wildman–Crippen LogP) is 4.63. The van der Waals surface area contributed by atoms with Crippen LogP contribution in [0.2, 0.25) is 0 Å². The number of hydrogen-bond donors (Lipinski definition) is 1. The van der Waals surface area contributed by atoms with E-state index < -0.39 is 23.4 Å². The number of nitrogens with one attached hydrogen (secondary N) is 1. The number of piperidine rings is 1. The fourth-order valence-corrected chi connectivity index (χ4v) is 4.61. The topological polar surface area (TPSA) is 120 Å². The first-order valence-corrected chi connectivity index (χ1v) is 12.4. The van der Waals surface area contributed by atoms with Crippen molar-refractivity contribution in [3.8, 4) is 0 Å². The molecule has 10 nitrogen and oxygen atoms in total. The number of rotatable bonds is 9. The van der Waals surface area contributed by atoms with Crippen LogP contribution in [0.5, 0.6) is 0 Å². The number of nitro benzene ring substituents is 1. The minimum absolute atomic E-state index is 0.0390. The molecule has 1 aliphatic rings. The molecule has 1 aliphatic heterocycles. The SMILES string of the molecule is CC(C)n1nccc1NC(=O)COC(=O)c1cc([N+](=O)[O-])ccc1N1CCC(Cc2ccccc2)CC1. The monoisotopic (exact) mass is 505 g/mol. The van der Waals surface area contributed by atoms with Crippen molar-refractivity contribution < 1.29 is 19.2 Å². The standard InChI is InChI=1S/C27H31N5O5/c1-19(2)31-25(10-13-28-31)29-26(33)18-37-27(34)23-17-22(32(35)36)8-9-24(23)30-14-11-21(12-15-30)16-20-6-4-3-5-7-20/h3-10,13,17,19,21H,11-12,14-16,18H2,1-2H3,(H,29,33). The minimum atomic E-state index is -0.780. The van der Waals surface area contributed by atoms with E-state index in [9.17, 15) is 19.7 Å². The molecule has 1 amide bonds. The van der Waals surface area contributed by atoms with Gasteiger partial charge < -0.3 is 15.0 Å². The minimum Gasteiger partial charge on any atom is -0.452 e. The normalized spacial score (nSPS) is 14.0. The number of amides is 1. The van der Waals surface area contributed by atoms with Gasteiger partial charge in [-0.3, -0.25) is 14.9 Å². The second-order valence-electron chi connectivity index (χ2n) is 9.46. The number of ether oxygens (including phenoxy) is 1. The predicted molar refractivity (Wildman–Crippen MR) is 140 cm³/mol. The van der Waals surface area contributed by atoms with Crippen LogP contribution in [0.3, 0.4) is 0 Å². The van der Waals surface area contributed by atoms with Crippen molar-refractivity contribution in [3.05, 3.63) is 82.0 Å². The Hall–Kier alpha value is -4.21. The Balaban J connectivity index is 1.42. The summed E-state index contributed by atoms with van der Waals surface area (Å²) in [4.78, 5) is 38.3. The van der Waals surface area contributed by atoms with Crippen LogP contribution in [-0.4, -0.2) is 46.3 Å². The zero-order chi connectivity index (χ0) is 26.4. The number of anilines is 2. The van der Waals surface area contributed by atoms with Crippen molar-refractivity contribution in [1.82, 2.24) is 9.78 Å². The molecule has 4 rings (SSSR count). The zero-order valence-corrected chi connectivity index (χ0v) is 21.0. The van der Waals surface area contributed by atoms with Crippen molar-refractivity contribution in [2.24, 2.45) is 5.92 Å². The van der Waals surface area contributed by atoms with Gasteiger partial charge in [-0.1, -0.05) is 30.3 Å². The maximum absolute atomic E-state index is 13.0. The lowest BCUT2D eigenvalue weighted by molar-refractivity contribution is -0.384. The number of non-ortho nitro benzene ring substituents is 1. The van der Waals surface area contributed by atoms with Gasteiger partial charge in [0.1, 0.15) is 5.82 Å². The second kappa shape index (κ2) is 11.7. The lowest BCUT2D eigenvalue weighted by atomic mass is 9.90. The van der Waals surface area contributed by atoms with E-state index in [1.165, 1.54) is 17.7 Å². The van der Waals surface area contributed by atoms with Crippen LogP contribution >= 0.6 is 0 Å². The van der Waals surface area contributed by atoms with E-state index in [4.69, 9.17) is 4.74 Å². The van der Waals surface area contributed by atoms with Crippen LogP contribution in [0, 0.1) is 16.0 Å². The van der Waals surface area contributed by atoms with E-state index in [0.717, 1.165) is 32.4 Å². The largest absolute Gasteiger partial charge is 0.452 e. The number of aromatic nitrogens is 2. The number of carbonyl (C=O) groups is 2. The average Bonchev–Trinajstić information content (AvgIpc) is 3.36. The summed E-state index contributed by atoms with van der Waals surface area (Å²) in [5, 5.41) is 18.2. The quantitative estimate of drug-likeness (QED) is 0.256. The molecule has 0 saturated carbocycles. The average molecular weight is 506 g/mol. The smallest absolute Gasteiger partial charge is 0.341 e. The first-order chi connectivity index (χ1) is 17.8. The summed E-state index contributed by atoms with van der Waals surface area (Å²) in [6, 6.07) is 16.2. The highest BCUT2D eigenvalue weighted by Crippen LogP contribution is 2.31. The van der Waals surface area contributed by atoms with Gasteiger partial charge in [-0.05, 0) is 50.7 Å². The molecular formula is C27H31N5O5. The van der Waals surface area contributed by atoms with Gasteiger partial charge in [-0.15, -0.1) is 0 Å². The van der Waals surface area contributed by atoms with E-state index >= 15 is 0 Å². The van der Waals surface area contributed by atoms with Crippen molar-refractivity contribution in [2.45, 2.75) is 39.2 Å². The Morgan fingerprint density at radius 3 is 2.54 bits per heavy atom. The summed E-state index contributed by atoms with van der Waals surface area (Å²) in [6.07, 6.45) is 4.44. The molecule has 10 heteroatoms. The van der Waals surface area contributed by atoms with Crippen LogP contribution in [0.25, 0.3) is 0 Å². The summed E-state index contributed by atoms with van der Waals surface area (Å²) < 4.78 is 6.91. The van der Waals surface area contributed by atoms with Gasteiger partial charge >= 0.3 is 5.97 Å². The van der Waals surface area contributed by atoms with Crippen molar-refractivity contribution in [1.29, 1.82) is 0 Å². The molecule has 194 valence electrons. The number of esters is 1. The maximum Gasteiger partial charge on any atom is 0.341 e. The molecule has 0 spiro atoms. The molecule has 1 aromatic heterocycles. The molecule has 0 aliphatic carbocycles. The van der Waals surface area contributed by atoms with Crippen LogP contribution in [0.15, 0.2) is 60.8 Å². The fraction of sp³-hybridized carbons (Fsp3) is 0.370. The van der Waals surface area contributed by atoms with E-state index in [-0.39, 0.29) is 17.3 Å². The molecule has 2 heterocycles. The van der Waals surface area contributed by atoms with Gasteiger partial charge in [0.25, 0.3) is 11.6 Å². The molecule has 3 aromatic rings. The second-order valence-corrected chi connectivity index (χ2v) is 9.46. The van der Waals surface area contributed by atoms with Crippen LogP contribution < -0.4 is 10.2 Å². The highest BCUT2D eigenvalue weighted by molar-refractivity contribution is 5.99. The first kappa shape index (κ1) is 25.9. The Bertz CT molecular complexity index is 1250. The van der Waals surface area contributed by atoms with Crippen molar-refractivity contribution >= 4 is 29.1 Å². The van der Waals surface area contributed by atoms with Gasteiger partial charge in [-0.25, -0.2) is 9.48 Å². The number of benzene rings is 2. The van der Waals surface area contributed by atoms with Crippen LogP contribution in [0.4, 0.5) is 17.2 Å². The van der Waals surface area contributed by atoms with Crippen molar-refractivity contribution in [2.75, 3.05) is 29.9 Å². The number of nitrogens with zero attached hydrogens (tertiary/aromatic N) is 4. The summed E-state index contributed by atoms with van der Waals surface area (Å²) in [5.41, 5.74) is 1.75. The molecule has 1 saturated heterocycles. The lowest BCUT2D eigenvalue weighted by Crippen LogP contribution is -2.35. The Kier molecular flexibility index (Phi) is 8.17. The van der Waals surface area contributed by atoms with Gasteiger partial charge in [0.2, 0.25) is 0 Å². The highest BCUT2D eigenvalue weighted by atomic mass is 16.6. The van der Waals surface area contributed by atoms with Gasteiger partial charge in [0, 0.05) is 37.3 Å². The molecule has 1 N–H and O–H groups in total. The molecular weight excluding hydrogens is 474 g/mol. The van der Waals surface area contributed by atoms with E-state index in [0.29, 0.717) is 17.4 Å². The summed E-state index contributed by atoms with van der Waals surface area (Å²) >= 11 is 0. The summed E-state index contributed by atoms with van der Waals surface area (Å²) in [5.74, 6) is -0.289. The first-order valence-electron chi connectivity index (χ1n) is 12.4. The zero-order valence-electron chi connectivity index (χ0n) is 21.0. The highest BCUT2D eigenvalue weighted by Gasteiger charge is 2.26. The molecule has 1 fully saturated rings. The van der Waals surface area contributed by atoms with Crippen molar-refractivity contribution in [3.63, 3.8) is 0 Å². The number of nitro groups is 1. The Morgan fingerprint density at radius 1 is 1.14 bits per heavy atom. The third kappa shape index (κ3) is 6.52. The fourth-order valence-electron chi connectivity index (χ4n) is 4.61. The molecule has 0 unspecified atom stereocenters. The lowest BCUT2D eigenvalue weighted by Gasteiger charge is -2.34. The molecule has 2 aromatic carbocycles. The third-order valence-electron chi connectivity index (χ3n) is 6.49. The molecule has 0 radical (unpaired) electrons. The van der Waals surface area contributed by atoms with Gasteiger partial charge in [-0.2, -0.15) is 5.10 Å². The maximum atomic E-state index is 13.0. The molecule has 0 atom stereocenters.